The topological polar surface area (TPSA) is 112 Å². The molecule has 1 aliphatic heterocycles. The maximum Gasteiger partial charge on any atom is 0.273 e. The average Bonchev–Trinajstić information content (AvgIpc) is 3.02. The van der Waals surface area contributed by atoms with Crippen LogP contribution in [-0.2, 0) is 16.6 Å². The van der Waals surface area contributed by atoms with Crippen LogP contribution in [0.4, 0.5) is 0 Å². The van der Waals surface area contributed by atoms with E-state index in [1.54, 1.807) is 10.9 Å². The number of sulfonamides is 1. The number of carbonyl (C=O) groups excluding carboxylic acids is 1. The Bertz CT molecular complexity index is 638. The van der Waals surface area contributed by atoms with Crippen LogP contribution in [0.15, 0.2) is 6.20 Å². The van der Waals surface area contributed by atoms with Gasteiger partial charge in [-0.15, -0.1) is 5.10 Å². The summed E-state index contributed by atoms with van der Waals surface area (Å²) in [4.78, 5) is 14.3. The lowest BCUT2D eigenvalue weighted by Crippen LogP contribution is -2.44. The molecule has 0 radical (unpaired) electrons. The van der Waals surface area contributed by atoms with Gasteiger partial charge in [-0.05, 0) is 0 Å². The van der Waals surface area contributed by atoms with E-state index in [9.17, 15) is 13.2 Å². The summed E-state index contributed by atoms with van der Waals surface area (Å²) in [5.41, 5.74) is 0.192. The summed E-state index contributed by atoms with van der Waals surface area (Å²) in [5.74, 6) is -0.569. The highest BCUT2D eigenvalue weighted by Gasteiger charge is 2.16. The normalized spacial score (nSPS) is 16.5. The Morgan fingerprint density at radius 2 is 2.04 bits per heavy atom. The minimum absolute atomic E-state index is 0.0347. The van der Waals surface area contributed by atoms with Crippen LogP contribution in [0.1, 0.15) is 10.5 Å². The maximum absolute atomic E-state index is 12.0. The molecule has 2 rings (SSSR count). The predicted molar refractivity (Wildman–Crippen MR) is 89.1 cm³/mol. The summed E-state index contributed by atoms with van der Waals surface area (Å²) in [6.45, 7) is 5.53. The summed E-state index contributed by atoms with van der Waals surface area (Å²) in [7, 11) is -0.406. The zero-order chi connectivity index (χ0) is 17.6. The molecule has 1 fully saturated rings. The van der Waals surface area contributed by atoms with E-state index in [2.05, 4.69) is 25.8 Å². The summed E-state index contributed by atoms with van der Waals surface area (Å²) in [6, 6.07) is 0. The molecule has 0 aromatic carbocycles. The molecule has 1 aliphatic rings. The van der Waals surface area contributed by atoms with Gasteiger partial charge in [-0.1, -0.05) is 5.21 Å². The molecule has 0 aliphatic carbocycles. The third-order valence-corrected chi connectivity index (χ3v) is 5.66. The second-order valence-corrected chi connectivity index (χ2v) is 8.12. The average molecular weight is 359 g/mol. The molecule has 1 aromatic rings. The molecule has 0 saturated carbocycles. The fourth-order valence-corrected chi connectivity index (χ4v) is 2.98. The van der Waals surface area contributed by atoms with E-state index in [0.717, 1.165) is 37.0 Å². The van der Waals surface area contributed by atoms with Crippen molar-refractivity contribution in [1.29, 1.82) is 0 Å². The van der Waals surface area contributed by atoms with E-state index in [0.29, 0.717) is 6.54 Å². The summed E-state index contributed by atoms with van der Waals surface area (Å²) < 4.78 is 26.0. The number of carbonyl (C=O) groups is 1. The fraction of sp³-hybridized carbons (Fsp3) is 0.769. The Hall–Kier alpha value is -1.56. The number of rotatable bonds is 8. The molecule has 0 unspecified atom stereocenters. The van der Waals surface area contributed by atoms with Gasteiger partial charge in [0.05, 0.1) is 18.5 Å². The molecule has 0 atom stereocenters. The molecule has 2 heterocycles. The summed E-state index contributed by atoms with van der Waals surface area (Å²) in [6.07, 6.45) is 1.58. The van der Waals surface area contributed by atoms with Gasteiger partial charge in [-0.25, -0.2) is 12.7 Å². The van der Waals surface area contributed by atoms with Gasteiger partial charge in [0.1, 0.15) is 0 Å². The standard InChI is InChI=1S/C13H25N7O3S/c1-18(2)24(22,23)10-5-15-13(21)12-11-20(17-16-12)9-8-19-6-3-14-4-7-19/h11,14H,3-10H2,1-2H3,(H,15,21). The first-order valence-electron chi connectivity index (χ1n) is 7.90. The highest BCUT2D eigenvalue weighted by Crippen LogP contribution is 1.97. The third kappa shape index (κ3) is 5.51. The molecule has 136 valence electrons. The third-order valence-electron chi connectivity index (χ3n) is 3.83. The van der Waals surface area contributed by atoms with Gasteiger partial charge >= 0.3 is 0 Å². The zero-order valence-corrected chi connectivity index (χ0v) is 14.9. The van der Waals surface area contributed by atoms with Crippen molar-refractivity contribution in [3.05, 3.63) is 11.9 Å². The number of amides is 1. The van der Waals surface area contributed by atoms with Crippen LogP contribution in [0.3, 0.4) is 0 Å². The number of hydrogen-bond donors (Lipinski definition) is 2. The second kappa shape index (κ2) is 8.51. The van der Waals surface area contributed by atoms with Crippen LogP contribution in [0, 0.1) is 0 Å². The van der Waals surface area contributed by atoms with Gasteiger partial charge in [0.15, 0.2) is 5.69 Å². The number of nitrogens with zero attached hydrogens (tertiary/aromatic N) is 5. The lowest BCUT2D eigenvalue weighted by Gasteiger charge is -2.26. The number of piperazine rings is 1. The molecular formula is C13H25N7O3S. The van der Waals surface area contributed by atoms with Gasteiger partial charge in [0.2, 0.25) is 10.0 Å². The van der Waals surface area contributed by atoms with Crippen LogP contribution in [0.5, 0.6) is 0 Å². The Kier molecular flexibility index (Phi) is 6.66. The largest absolute Gasteiger partial charge is 0.350 e. The van der Waals surface area contributed by atoms with E-state index in [1.165, 1.54) is 14.1 Å². The second-order valence-electron chi connectivity index (χ2n) is 5.81. The Morgan fingerprint density at radius 3 is 2.71 bits per heavy atom. The van der Waals surface area contributed by atoms with E-state index < -0.39 is 15.9 Å². The molecule has 0 spiro atoms. The molecule has 1 amide bonds. The van der Waals surface area contributed by atoms with Crippen molar-refractivity contribution in [1.82, 2.24) is 34.8 Å². The van der Waals surface area contributed by atoms with Crippen LogP contribution < -0.4 is 10.6 Å². The van der Waals surface area contributed by atoms with Gasteiger partial charge in [0.25, 0.3) is 5.91 Å². The lowest BCUT2D eigenvalue weighted by molar-refractivity contribution is 0.0951. The summed E-state index contributed by atoms with van der Waals surface area (Å²) >= 11 is 0. The molecule has 1 aromatic heterocycles. The van der Waals surface area contributed by atoms with Gasteiger partial charge < -0.3 is 10.6 Å². The first-order valence-corrected chi connectivity index (χ1v) is 9.51. The van der Waals surface area contributed by atoms with Gasteiger partial charge in [0, 0.05) is 53.4 Å². The number of hydrogen-bond acceptors (Lipinski definition) is 7. The van der Waals surface area contributed by atoms with E-state index in [1.807, 2.05) is 0 Å². The quantitative estimate of drug-likeness (QED) is 0.542. The highest BCUT2D eigenvalue weighted by atomic mass is 32.2. The minimum atomic E-state index is -3.33. The zero-order valence-electron chi connectivity index (χ0n) is 14.1. The molecular weight excluding hydrogens is 334 g/mol. The molecule has 1 saturated heterocycles. The molecule has 0 bridgehead atoms. The highest BCUT2D eigenvalue weighted by molar-refractivity contribution is 7.89. The van der Waals surface area contributed by atoms with Crippen molar-refractivity contribution in [3.63, 3.8) is 0 Å². The number of nitrogens with one attached hydrogen (secondary N) is 2. The Balaban J connectivity index is 1.76. The van der Waals surface area contributed by atoms with E-state index in [4.69, 9.17) is 0 Å². The van der Waals surface area contributed by atoms with Crippen LogP contribution in [-0.4, -0.2) is 97.6 Å². The van der Waals surface area contributed by atoms with Crippen molar-refractivity contribution >= 4 is 15.9 Å². The fourth-order valence-electron chi connectivity index (χ4n) is 2.26. The molecule has 10 nitrogen and oxygen atoms in total. The van der Waals surface area contributed by atoms with Crippen LogP contribution in [0.25, 0.3) is 0 Å². The van der Waals surface area contributed by atoms with Crippen molar-refractivity contribution in [2.24, 2.45) is 0 Å². The van der Waals surface area contributed by atoms with E-state index >= 15 is 0 Å². The first-order chi connectivity index (χ1) is 11.4. The summed E-state index contributed by atoms with van der Waals surface area (Å²) in [5, 5.41) is 13.6. The van der Waals surface area contributed by atoms with Gasteiger partial charge in [-0.2, -0.15) is 0 Å². The van der Waals surface area contributed by atoms with Crippen molar-refractivity contribution < 1.29 is 13.2 Å². The SMILES string of the molecule is CN(C)S(=O)(=O)CCNC(=O)c1cn(CCN2CCNCC2)nn1. The van der Waals surface area contributed by atoms with Crippen molar-refractivity contribution in [3.8, 4) is 0 Å². The van der Waals surface area contributed by atoms with Crippen molar-refractivity contribution in [2.45, 2.75) is 6.54 Å². The monoisotopic (exact) mass is 359 g/mol. The molecule has 2 N–H and O–H groups in total. The minimum Gasteiger partial charge on any atom is -0.350 e. The lowest BCUT2D eigenvalue weighted by atomic mass is 10.3. The maximum atomic E-state index is 12.0. The number of aromatic nitrogens is 3. The van der Waals surface area contributed by atoms with E-state index in [-0.39, 0.29) is 18.0 Å². The van der Waals surface area contributed by atoms with Crippen molar-refractivity contribution in [2.75, 3.05) is 59.1 Å². The van der Waals surface area contributed by atoms with Crippen LogP contribution in [0.2, 0.25) is 0 Å². The molecule has 11 heteroatoms. The smallest absolute Gasteiger partial charge is 0.273 e. The first kappa shape index (κ1) is 18.8. The van der Waals surface area contributed by atoms with Gasteiger partial charge in [-0.3, -0.25) is 14.4 Å². The Morgan fingerprint density at radius 1 is 1.33 bits per heavy atom. The predicted octanol–water partition coefficient (Wildman–Crippen LogP) is -2.20. The molecule has 24 heavy (non-hydrogen) atoms. The van der Waals surface area contributed by atoms with Crippen LogP contribution >= 0.6 is 0 Å². The Labute approximate surface area is 142 Å².